The highest BCUT2D eigenvalue weighted by Crippen LogP contribution is 2.17. The van der Waals surface area contributed by atoms with E-state index in [4.69, 9.17) is 9.15 Å². The van der Waals surface area contributed by atoms with Crippen molar-refractivity contribution in [3.8, 4) is 0 Å². The van der Waals surface area contributed by atoms with E-state index in [1.807, 2.05) is 0 Å². The van der Waals surface area contributed by atoms with Gasteiger partial charge in [0.25, 0.3) is 5.91 Å². The van der Waals surface area contributed by atoms with Gasteiger partial charge in [-0.25, -0.2) is 14.8 Å². The summed E-state index contributed by atoms with van der Waals surface area (Å²) in [5, 5.41) is 0.452. The number of hydrogen-bond acceptors (Lipinski definition) is 8. The lowest BCUT2D eigenvalue weighted by Gasteiger charge is -2.11. The van der Waals surface area contributed by atoms with Crippen LogP contribution in [0.4, 0.5) is 5.82 Å². The minimum Gasteiger partial charge on any atom is -0.472 e. The fourth-order valence-corrected chi connectivity index (χ4v) is 1.84. The summed E-state index contributed by atoms with van der Waals surface area (Å²) in [6.45, 7) is 1.92. The number of nitrogens with zero attached hydrogens (tertiary/aromatic N) is 2. The lowest BCUT2D eigenvalue weighted by atomic mass is 10.3. The van der Waals surface area contributed by atoms with Crippen molar-refractivity contribution in [1.82, 2.24) is 15.4 Å². The van der Waals surface area contributed by atoms with Crippen molar-refractivity contribution in [3.05, 3.63) is 35.9 Å². The fraction of sp³-hybridized carbons (Fsp3) is 0.231. The first-order valence-corrected chi connectivity index (χ1v) is 7.55. The molecular formula is C13H14N4O4S. The van der Waals surface area contributed by atoms with Gasteiger partial charge in [0.2, 0.25) is 0 Å². The van der Waals surface area contributed by atoms with Gasteiger partial charge in [-0.1, -0.05) is 11.8 Å². The molecule has 0 saturated carbocycles. The number of amides is 1. The molecule has 0 spiro atoms. The van der Waals surface area contributed by atoms with Crippen LogP contribution in [-0.2, 0) is 4.74 Å². The van der Waals surface area contributed by atoms with Crippen molar-refractivity contribution in [2.45, 2.75) is 12.1 Å². The number of furan rings is 1. The summed E-state index contributed by atoms with van der Waals surface area (Å²) >= 11 is 1.31. The molecule has 0 radical (unpaired) electrons. The molecule has 116 valence electrons. The average molecular weight is 322 g/mol. The van der Waals surface area contributed by atoms with Gasteiger partial charge in [0.15, 0.2) is 11.0 Å². The molecule has 0 bridgehead atoms. The molecule has 2 aromatic rings. The Morgan fingerprint density at radius 3 is 2.91 bits per heavy atom. The molecule has 8 nitrogen and oxygen atoms in total. The lowest BCUT2D eigenvalue weighted by Crippen LogP contribution is -2.30. The van der Waals surface area contributed by atoms with Gasteiger partial charge in [0.05, 0.1) is 18.4 Å². The highest BCUT2D eigenvalue weighted by atomic mass is 32.2. The number of hydrogen-bond donors (Lipinski definition) is 2. The predicted molar refractivity (Wildman–Crippen MR) is 79.6 cm³/mol. The Morgan fingerprint density at radius 1 is 1.45 bits per heavy atom. The molecule has 9 heteroatoms. The Morgan fingerprint density at radius 2 is 2.27 bits per heavy atom. The van der Waals surface area contributed by atoms with Crippen LogP contribution < -0.4 is 10.9 Å². The molecule has 2 N–H and O–H groups in total. The first kappa shape index (κ1) is 15.8. The van der Waals surface area contributed by atoms with Crippen LogP contribution in [0.25, 0.3) is 0 Å². The smallest absolute Gasteiger partial charge is 0.343 e. The molecule has 0 atom stereocenters. The number of ether oxygens (including phenoxy) is 1. The standard InChI is InChI=1S/C13H14N4O4S/c1-3-21-12(19)9-6-14-13(22-2)15-10(9)16-17-11(18)8-4-5-20-7-8/h4-7H,3H2,1-2H3,(H,17,18)(H,14,15,16). The fourth-order valence-electron chi connectivity index (χ4n) is 1.50. The quantitative estimate of drug-likeness (QED) is 0.358. The van der Waals surface area contributed by atoms with E-state index in [9.17, 15) is 9.59 Å². The second-order valence-corrected chi connectivity index (χ2v) is 4.70. The molecule has 0 aliphatic carbocycles. The zero-order valence-corrected chi connectivity index (χ0v) is 12.8. The molecule has 2 rings (SSSR count). The molecule has 0 aliphatic heterocycles. The lowest BCUT2D eigenvalue weighted by molar-refractivity contribution is 0.0526. The third kappa shape index (κ3) is 3.76. The van der Waals surface area contributed by atoms with Gasteiger partial charge in [-0.3, -0.25) is 15.6 Å². The summed E-state index contributed by atoms with van der Waals surface area (Å²) in [5.74, 6) is -0.835. The number of carbonyl (C=O) groups excluding carboxylic acids is 2. The molecule has 0 unspecified atom stereocenters. The van der Waals surface area contributed by atoms with E-state index in [1.165, 1.54) is 36.6 Å². The molecule has 1 amide bonds. The normalized spacial score (nSPS) is 10.1. The highest BCUT2D eigenvalue weighted by molar-refractivity contribution is 7.98. The minimum absolute atomic E-state index is 0.132. The van der Waals surface area contributed by atoms with E-state index < -0.39 is 11.9 Å². The summed E-state index contributed by atoms with van der Waals surface area (Å²) in [4.78, 5) is 31.9. The van der Waals surface area contributed by atoms with Crippen molar-refractivity contribution < 1.29 is 18.7 Å². The Balaban J connectivity index is 2.16. The Labute approximate surface area is 130 Å². The number of carbonyl (C=O) groups is 2. The summed E-state index contributed by atoms with van der Waals surface area (Å²) in [6, 6.07) is 1.51. The molecule has 0 aromatic carbocycles. The third-order valence-corrected chi connectivity index (χ3v) is 3.08. The van der Waals surface area contributed by atoms with Crippen LogP contribution in [0.2, 0.25) is 0 Å². The molecule has 2 heterocycles. The van der Waals surface area contributed by atoms with Crippen molar-refractivity contribution in [2.75, 3.05) is 18.3 Å². The number of aromatic nitrogens is 2. The number of anilines is 1. The summed E-state index contributed by atoms with van der Waals surface area (Å²) < 4.78 is 9.75. The van der Waals surface area contributed by atoms with Crippen LogP contribution in [0, 0.1) is 0 Å². The van der Waals surface area contributed by atoms with Crippen molar-refractivity contribution in [2.24, 2.45) is 0 Å². The maximum absolute atomic E-state index is 11.9. The topological polar surface area (TPSA) is 106 Å². The van der Waals surface area contributed by atoms with E-state index in [-0.39, 0.29) is 18.0 Å². The van der Waals surface area contributed by atoms with Gasteiger partial charge in [-0.15, -0.1) is 0 Å². The molecule has 22 heavy (non-hydrogen) atoms. The van der Waals surface area contributed by atoms with E-state index in [0.29, 0.717) is 10.7 Å². The maximum Gasteiger partial charge on any atom is 0.343 e. The summed E-state index contributed by atoms with van der Waals surface area (Å²) in [7, 11) is 0. The number of hydrazine groups is 1. The maximum atomic E-state index is 11.9. The van der Waals surface area contributed by atoms with Gasteiger partial charge < -0.3 is 9.15 Å². The zero-order chi connectivity index (χ0) is 15.9. The van der Waals surface area contributed by atoms with Gasteiger partial charge in [0, 0.05) is 6.20 Å². The third-order valence-electron chi connectivity index (χ3n) is 2.52. The molecule has 0 fully saturated rings. The van der Waals surface area contributed by atoms with Crippen molar-refractivity contribution in [3.63, 3.8) is 0 Å². The molecular weight excluding hydrogens is 308 g/mol. The highest BCUT2D eigenvalue weighted by Gasteiger charge is 2.17. The summed E-state index contributed by atoms with van der Waals surface area (Å²) in [5.41, 5.74) is 5.51. The Bertz CT molecular complexity index is 660. The number of nitrogens with one attached hydrogen (secondary N) is 2. The van der Waals surface area contributed by atoms with Crippen LogP contribution in [-0.4, -0.2) is 34.7 Å². The number of thioether (sulfide) groups is 1. The van der Waals surface area contributed by atoms with Crippen molar-refractivity contribution in [1.29, 1.82) is 0 Å². The monoisotopic (exact) mass is 322 g/mol. The second kappa shape index (κ2) is 7.46. The zero-order valence-electron chi connectivity index (χ0n) is 12.0. The summed E-state index contributed by atoms with van der Waals surface area (Å²) in [6.07, 6.45) is 5.84. The van der Waals surface area contributed by atoms with Gasteiger partial charge in [-0.2, -0.15) is 0 Å². The van der Waals surface area contributed by atoms with Crippen LogP contribution in [0.3, 0.4) is 0 Å². The Hall–Kier alpha value is -2.55. The molecule has 0 aliphatic rings. The van der Waals surface area contributed by atoms with Crippen LogP contribution in [0.5, 0.6) is 0 Å². The van der Waals surface area contributed by atoms with E-state index in [2.05, 4.69) is 20.8 Å². The first-order valence-electron chi connectivity index (χ1n) is 6.32. The van der Waals surface area contributed by atoms with Gasteiger partial charge in [-0.05, 0) is 19.2 Å². The Kier molecular flexibility index (Phi) is 5.37. The van der Waals surface area contributed by atoms with Crippen molar-refractivity contribution >= 4 is 29.5 Å². The van der Waals surface area contributed by atoms with Crippen LogP contribution in [0.15, 0.2) is 34.4 Å². The molecule has 2 aromatic heterocycles. The molecule has 0 saturated heterocycles. The average Bonchev–Trinajstić information content (AvgIpc) is 3.07. The predicted octanol–water partition coefficient (Wildman–Crippen LogP) is 1.73. The van der Waals surface area contributed by atoms with Crippen LogP contribution >= 0.6 is 11.8 Å². The SMILES string of the molecule is CCOC(=O)c1cnc(SC)nc1NNC(=O)c1ccoc1. The minimum atomic E-state index is -0.574. The van der Waals surface area contributed by atoms with E-state index in [1.54, 1.807) is 13.2 Å². The number of esters is 1. The largest absolute Gasteiger partial charge is 0.472 e. The van der Waals surface area contributed by atoms with E-state index >= 15 is 0 Å². The van der Waals surface area contributed by atoms with Gasteiger partial charge in [0.1, 0.15) is 11.8 Å². The van der Waals surface area contributed by atoms with Gasteiger partial charge >= 0.3 is 5.97 Å². The van der Waals surface area contributed by atoms with E-state index in [0.717, 1.165) is 0 Å². The van der Waals surface area contributed by atoms with Crippen LogP contribution in [0.1, 0.15) is 27.6 Å². The first-order chi connectivity index (χ1) is 10.7. The second-order valence-electron chi connectivity index (χ2n) is 3.93. The number of rotatable bonds is 6.